The molecule has 2 aromatic heterocycles. The highest BCUT2D eigenvalue weighted by Gasteiger charge is 2.35. The summed E-state index contributed by atoms with van der Waals surface area (Å²) >= 11 is 0. The van der Waals surface area contributed by atoms with Gasteiger partial charge in [-0.2, -0.15) is 0 Å². The van der Waals surface area contributed by atoms with E-state index in [1.54, 1.807) is 27.7 Å². The zero-order valence-corrected chi connectivity index (χ0v) is 41.6. The number of aromatic amines is 2. The third-order valence-electron chi connectivity index (χ3n) is 11.4. The number of aliphatic carboxylic acids is 1. The van der Waals surface area contributed by atoms with Crippen LogP contribution in [0.15, 0.2) is 49.3 Å². The molecule has 3 rings (SSSR count). The highest BCUT2D eigenvalue weighted by molar-refractivity contribution is 5.97. The zero-order chi connectivity index (χ0) is 53.7. The van der Waals surface area contributed by atoms with E-state index in [1.807, 2.05) is 13.8 Å². The number of rotatable bonds is 30. The van der Waals surface area contributed by atoms with Crippen molar-refractivity contribution in [3.05, 3.63) is 66.3 Å². The first-order valence-electron chi connectivity index (χ1n) is 23.7. The highest BCUT2D eigenvalue weighted by atomic mass is 16.4. The maximum absolute atomic E-state index is 14.0. The molecule has 25 nitrogen and oxygen atoms in total. The van der Waals surface area contributed by atoms with Gasteiger partial charge in [-0.15, -0.1) is 0 Å². The standard InChI is InChI=1S/C47H71N13O12/c1-8-26(6)39(60-45(69)37(21-61)59-40(64)27(7)54-43(67)33(13-24(2)3)56-41(65)32(48)16-29-18-49-22-52-29)46(70)57-35(17-30-19-50-23-53-30)42(66)51-20-38(63)55-34(15-28-9-11-31(62)12-10-28)44(68)58-36(47(71)72)14-25(4)5/h9-12,18-19,22-27,32-37,39,61-62H,8,13-17,20-21,48H2,1-7H3,(H,49,52)(H,50,53)(H,51,66)(H,54,67)(H,55,63)(H,56,65)(H,57,70)(H,58,68)(H,59,64)(H,60,69)(H,71,72)/t26-,27-,32-,33-,34-,35-,36-,37-,39-/m0/s1. The van der Waals surface area contributed by atoms with Crippen molar-refractivity contribution in [2.45, 2.75) is 135 Å². The first-order chi connectivity index (χ1) is 34.0. The molecule has 3 aromatic rings. The van der Waals surface area contributed by atoms with E-state index >= 15 is 0 Å². The second-order valence-electron chi connectivity index (χ2n) is 18.5. The molecule has 1 aromatic carbocycles. The van der Waals surface area contributed by atoms with Crippen LogP contribution in [0, 0.1) is 17.8 Å². The average molecular weight is 1010 g/mol. The number of hydrogen-bond donors (Lipinski definition) is 14. The molecule has 25 heteroatoms. The average Bonchev–Trinajstić information content (AvgIpc) is 4.05. The van der Waals surface area contributed by atoms with Crippen molar-refractivity contribution < 1.29 is 58.5 Å². The molecule has 0 aliphatic heterocycles. The summed E-state index contributed by atoms with van der Waals surface area (Å²) < 4.78 is 0. The van der Waals surface area contributed by atoms with Crippen LogP contribution in [-0.4, -0.2) is 150 Å². The largest absolute Gasteiger partial charge is 0.508 e. The molecule has 0 unspecified atom stereocenters. The lowest BCUT2D eigenvalue weighted by atomic mass is 9.97. The summed E-state index contributed by atoms with van der Waals surface area (Å²) in [6.45, 7) is 10.3. The molecule has 396 valence electrons. The van der Waals surface area contributed by atoms with Crippen molar-refractivity contribution in [1.29, 1.82) is 0 Å². The van der Waals surface area contributed by atoms with E-state index < -0.39 is 121 Å². The van der Waals surface area contributed by atoms with Gasteiger partial charge in [0.1, 0.15) is 48.0 Å². The van der Waals surface area contributed by atoms with Crippen molar-refractivity contribution in [2.24, 2.45) is 23.5 Å². The van der Waals surface area contributed by atoms with E-state index in [0.717, 1.165) is 0 Å². The molecule has 0 aliphatic carbocycles. The first-order valence-corrected chi connectivity index (χ1v) is 23.7. The van der Waals surface area contributed by atoms with Crippen LogP contribution in [0.25, 0.3) is 0 Å². The molecule has 0 radical (unpaired) electrons. The Hall–Kier alpha value is -7.41. The van der Waals surface area contributed by atoms with Crippen molar-refractivity contribution >= 4 is 53.2 Å². The lowest BCUT2D eigenvalue weighted by molar-refractivity contribution is -0.142. The smallest absolute Gasteiger partial charge is 0.326 e. The number of phenols is 1. The Morgan fingerprint density at radius 1 is 0.597 bits per heavy atom. The van der Waals surface area contributed by atoms with Crippen LogP contribution in [0.3, 0.4) is 0 Å². The van der Waals surface area contributed by atoms with Gasteiger partial charge in [0.25, 0.3) is 0 Å². The molecule has 0 aliphatic rings. The number of aliphatic hydroxyl groups is 1. The van der Waals surface area contributed by atoms with Gasteiger partial charge < -0.3 is 73.6 Å². The van der Waals surface area contributed by atoms with E-state index in [0.29, 0.717) is 23.4 Å². The number of H-pyrrole nitrogens is 2. The number of nitrogens with two attached hydrogens (primary N) is 1. The molecular weight excluding hydrogens is 939 g/mol. The Morgan fingerprint density at radius 2 is 1.11 bits per heavy atom. The van der Waals surface area contributed by atoms with E-state index in [2.05, 4.69) is 62.5 Å². The molecule has 0 fully saturated rings. The number of phenolic OH excluding ortho intramolecular Hbond substituents is 1. The van der Waals surface area contributed by atoms with E-state index in [1.165, 1.54) is 56.2 Å². The summed E-state index contributed by atoms with van der Waals surface area (Å²) in [5.74, 6) is -8.56. The fraction of sp³-hybridized carbons (Fsp3) is 0.553. The number of nitrogens with zero attached hydrogens (tertiary/aromatic N) is 2. The lowest BCUT2D eigenvalue weighted by Gasteiger charge is -2.28. The van der Waals surface area contributed by atoms with Crippen LogP contribution in [-0.2, 0) is 62.4 Å². The summed E-state index contributed by atoms with van der Waals surface area (Å²) in [6, 6.07) is -4.48. The number of amides is 8. The van der Waals surface area contributed by atoms with Crippen LogP contribution in [0.1, 0.15) is 84.7 Å². The van der Waals surface area contributed by atoms with Gasteiger partial charge in [-0.05, 0) is 55.2 Å². The Balaban J connectivity index is 1.70. The topological polar surface area (TPSA) is 394 Å². The molecule has 72 heavy (non-hydrogen) atoms. The van der Waals surface area contributed by atoms with Crippen LogP contribution >= 0.6 is 0 Å². The SMILES string of the molecule is CC[C@H](C)[C@H](NC(=O)[C@H](CO)NC(=O)[C@H](C)NC(=O)[C@H](CC(C)C)NC(=O)[C@@H](N)Cc1cnc[nH]1)C(=O)N[C@@H](Cc1cnc[nH]1)C(=O)NCC(=O)N[C@@H](Cc1ccc(O)cc1)C(=O)N[C@@H](CC(C)C)C(=O)O. The molecule has 0 spiro atoms. The third kappa shape index (κ3) is 19.8. The Bertz CT molecular complexity index is 2260. The number of carboxylic acids is 1. The van der Waals surface area contributed by atoms with Gasteiger partial charge in [-0.25, -0.2) is 14.8 Å². The number of nitrogens with one attached hydrogen (secondary N) is 10. The van der Waals surface area contributed by atoms with Gasteiger partial charge in [-0.3, -0.25) is 38.4 Å². The number of carboxylic acid groups (broad SMARTS) is 1. The third-order valence-corrected chi connectivity index (χ3v) is 11.4. The molecule has 9 atom stereocenters. The van der Waals surface area contributed by atoms with Crippen LogP contribution in [0.5, 0.6) is 5.75 Å². The maximum atomic E-state index is 14.0. The number of benzene rings is 1. The van der Waals surface area contributed by atoms with Crippen LogP contribution < -0.4 is 48.3 Å². The molecule has 0 bridgehead atoms. The molecule has 0 saturated heterocycles. The molecule has 8 amide bonds. The van der Waals surface area contributed by atoms with Crippen LogP contribution in [0.2, 0.25) is 0 Å². The second kappa shape index (κ2) is 29.1. The Labute approximate surface area is 417 Å². The van der Waals surface area contributed by atoms with Crippen molar-refractivity contribution in [3.8, 4) is 5.75 Å². The van der Waals surface area contributed by atoms with Gasteiger partial charge in [-0.1, -0.05) is 60.1 Å². The minimum atomic E-state index is -1.62. The Morgan fingerprint density at radius 3 is 1.65 bits per heavy atom. The highest BCUT2D eigenvalue weighted by Crippen LogP contribution is 2.14. The monoisotopic (exact) mass is 1010 g/mol. The van der Waals surface area contributed by atoms with Crippen molar-refractivity contribution in [3.63, 3.8) is 0 Å². The number of aromatic nitrogens is 4. The predicted octanol–water partition coefficient (Wildman–Crippen LogP) is -2.06. The number of aromatic hydroxyl groups is 1. The minimum absolute atomic E-state index is 0.0438. The number of hydrogen-bond acceptors (Lipinski definition) is 14. The second-order valence-corrected chi connectivity index (χ2v) is 18.5. The van der Waals surface area contributed by atoms with E-state index in [9.17, 15) is 58.5 Å². The fourth-order valence-electron chi connectivity index (χ4n) is 7.20. The lowest BCUT2D eigenvalue weighted by Crippen LogP contribution is -2.61. The summed E-state index contributed by atoms with van der Waals surface area (Å²) in [5, 5.41) is 49.8. The fourth-order valence-corrected chi connectivity index (χ4v) is 7.20. The summed E-state index contributed by atoms with van der Waals surface area (Å²) in [7, 11) is 0. The minimum Gasteiger partial charge on any atom is -0.508 e. The molecular formula is C47H71N13O12. The summed E-state index contributed by atoms with van der Waals surface area (Å²) in [4.78, 5) is 133. The zero-order valence-electron chi connectivity index (χ0n) is 41.6. The molecule has 0 saturated carbocycles. The predicted molar refractivity (Wildman–Crippen MR) is 260 cm³/mol. The van der Waals surface area contributed by atoms with Gasteiger partial charge in [0, 0.05) is 43.0 Å². The van der Waals surface area contributed by atoms with Crippen molar-refractivity contribution in [1.82, 2.24) is 62.5 Å². The number of carbonyl (C=O) groups is 9. The normalized spacial score (nSPS) is 15.0. The van der Waals surface area contributed by atoms with Gasteiger partial charge >= 0.3 is 5.97 Å². The number of aliphatic hydroxyl groups excluding tert-OH is 1. The Kier molecular flexibility index (Phi) is 23.8. The summed E-state index contributed by atoms with van der Waals surface area (Å²) in [5.41, 5.74) is 7.60. The van der Waals surface area contributed by atoms with Gasteiger partial charge in [0.05, 0.1) is 31.8 Å². The van der Waals surface area contributed by atoms with Crippen molar-refractivity contribution in [2.75, 3.05) is 13.2 Å². The number of carbonyl (C=O) groups excluding carboxylic acids is 8. The number of imidazole rings is 2. The molecule has 2 heterocycles. The van der Waals surface area contributed by atoms with Gasteiger partial charge in [0.2, 0.25) is 47.3 Å². The first kappa shape index (κ1) is 58.9. The molecule has 15 N–H and O–H groups in total. The van der Waals surface area contributed by atoms with Crippen LogP contribution in [0.4, 0.5) is 0 Å². The quantitative estimate of drug-likeness (QED) is 0.0342. The van der Waals surface area contributed by atoms with E-state index in [-0.39, 0.29) is 49.7 Å². The maximum Gasteiger partial charge on any atom is 0.326 e. The summed E-state index contributed by atoms with van der Waals surface area (Å²) in [6.07, 6.45) is 6.19. The van der Waals surface area contributed by atoms with E-state index in [4.69, 9.17) is 5.73 Å². The van der Waals surface area contributed by atoms with Gasteiger partial charge in [0.15, 0.2) is 0 Å².